The van der Waals surface area contributed by atoms with Crippen LogP contribution in [-0.2, 0) is 6.54 Å². The molecule has 0 atom stereocenters. The van der Waals surface area contributed by atoms with Gasteiger partial charge in [-0.05, 0) is 36.4 Å². The molecule has 7 heteroatoms. The summed E-state index contributed by atoms with van der Waals surface area (Å²) < 4.78 is 1.64. The Morgan fingerprint density at radius 1 is 1.14 bits per heavy atom. The number of hydrogen-bond donors (Lipinski definition) is 2. The van der Waals surface area contributed by atoms with Crippen LogP contribution in [0.15, 0.2) is 48.8 Å². The molecule has 0 fully saturated rings. The van der Waals surface area contributed by atoms with Crippen molar-refractivity contribution in [2.24, 2.45) is 5.73 Å². The zero-order chi connectivity index (χ0) is 15.5. The molecule has 110 valence electrons. The van der Waals surface area contributed by atoms with Crippen molar-refractivity contribution in [3.8, 4) is 16.9 Å². The summed E-state index contributed by atoms with van der Waals surface area (Å²) in [4.78, 5) is 14.9. The van der Waals surface area contributed by atoms with E-state index in [-0.39, 0.29) is 12.1 Å². The predicted molar refractivity (Wildman–Crippen MR) is 79.4 cm³/mol. The van der Waals surface area contributed by atoms with Crippen molar-refractivity contribution in [2.75, 3.05) is 0 Å². The van der Waals surface area contributed by atoms with Crippen LogP contribution in [0.4, 0.5) is 0 Å². The van der Waals surface area contributed by atoms with Gasteiger partial charge in [0.05, 0.1) is 16.9 Å². The summed E-state index contributed by atoms with van der Waals surface area (Å²) in [6.45, 7) is 0.255. The molecule has 2 aromatic heterocycles. The van der Waals surface area contributed by atoms with Gasteiger partial charge in [-0.1, -0.05) is 5.21 Å². The quantitative estimate of drug-likeness (QED) is 0.755. The number of nitrogens with two attached hydrogens (primary N) is 1. The third-order valence-corrected chi connectivity index (χ3v) is 3.25. The highest BCUT2D eigenvalue weighted by Crippen LogP contribution is 2.24. The molecule has 2 heterocycles. The van der Waals surface area contributed by atoms with E-state index in [1.807, 2.05) is 12.1 Å². The summed E-state index contributed by atoms with van der Waals surface area (Å²) in [6.07, 6.45) is 3.36. The van der Waals surface area contributed by atoms with Crippen LogP contribution >= 0.6 is 0 Å². The number of hydrogen-bond acceptors (Lipinski definition) is 5. The Morgan fingerprint density at radius 2 is 1.82 bits per heavy atom. The zero-order valence-corrected chi connectivity index (χ0v) is 11.5. The third-order valence-electron chi connectivity index (χ3n) is 3.25. The van der Waals surface area contributed by atoms with Crippen molar-refractivity contribution in [3.63, 3.8) is 0 Å². The molecule has 1 aromatic carbocycles. The Balaban J connectivity index is 2.12. The summed E-state index contributed by atoms with van der Waals surface area (Å²) in [7, 11) is 0. The fourth-order valence-corrected chi connectivity index (χ4v) is 2.18. The van der Waals surface area contributed by atoms with E-state index in [2.05, 4.69) is 15.3 Å². The van der Waals surface area contributed by atoms with Crippen LogP contribution in [0.3, 0.4) is 0 Å². The molecule has 0 spiro atoms. The van der Waals surface area contributed by atoms with Gasteiger partial charge in [-0.3, -0.25) is 4.98 Å². The fourth-order valence-electron chi connectivity index (χ4n) is 2.18. The molecule has 0 unspecified atom stereocenters. The molecule has 3 rings (SSSR count). The van der Waals surface area contributed by atoms with E-state index in [0.29, 0.717) is 11.4 Å². The van der Waals surface area contributed by atoms with Gasteiger partial charge in [0.25, 0.3) is 0 Å². The van der Waals surface area contributed by atoms with Crippen LogP contribution in [0.1, 0.15) is 16.1 Å². The molecule has 0 aliphatic heterocycles. The van der Waals surface area contributed by atoms with Gasteiger partial charge in [-0.15, -0.1) is 5.10 Å². The Bertz CT molecular complexity index is 797. The lowest BCUT2D eigenvalue weighted by Gasteiger charge is -2.08. The zero-order valence-electron chi connectivity index (χ0n) is 11.5. The van der Waals surface area contributed by atoms with Crippen LogP contribution in [0.2, 0.25) is 0 Å². The molecule has 0 saturated carbocycles. The maximum atomic E-state index is 10.9. The number of nitrogens with zero attached hydrogens (tertiary/aromatic N) is 4. The average Bonchev–Trinajstić information content (AvgIpc) is 2.99. The van der Waals surface area contributed by atoms with Crippen molar-refractivity contribution in [1.29, 1.82) is 0 Å². The van der Waals surface area contributed by atoms with Crippen LogP contribution in [-0.4, -0.2) is 31.1 Å². The molecular formula is C15H13N5O2. The average molecular weight is 295 g/mol. The first kappa shape index (κ1) is 13.9. The van der Waals surface area contributed by atoms with Crippen molar-refractivity contribution < 1.29 is 9.90 Å². The minimum Gasteiger partial charge on any atom is -0.478 e. The maximum Gasteiger partial charge on any atom is 0.335 e. The number of carboxylic acid groups (broad SMARTS) is 1. The second kappa shape index (κ2) is 5.74. The van der Waals surface area contributed by atoms with E-state index < -0.39 is 5.97 Å². The Labute approximate surface area is 126 Å². The van der Waals surface area contributed by atoms with E-state index in [9.17, 15) is 4.79 Å². The fraction of sp³-hybridized carbons (Fsp3) is 0.0667. The molecular weight excluding hydrogens is 282 g/mol. The second-order valence-corrected chi connectivity index (χ2v) is 4.59. The second-order valence-electron chi connectivity index (χ2n) is 4.59. The van der Waals surface area contributed by atoms with E-state index in [4.69, 9.17) is 10.8 Å². The van der Waals surface area contributed by atoms with E-state index in [1.54, 1.807) is 29.2 Å². The predicted octanol–water partition coefficient (Wildman–Crippen LogP) is 1.49. The molecule has 0 saturated heterocycles. The van der Waals surface area contributed by atoms with Crippen LogP contribution in [0, 0.1) is 0 Å². The van der Waals surface area contributed by atoms with Gasteiger partial charge >= 0.3 is 5.97 Å². The van der Waals surface area contributed by atoms with Crippen molar-refractivity contribution in [2.45, 2.75) is 6.54 Å². The van der Waals surface area contributed by atoms with Gasteiger partial charge < -0.3 is 10.8 Å². The summed E-state index contributed by atoms with van der Waals surface area (Å²) in [5.41, 5.74) is 8.99. The summed E-state index contributed by atoms with van der Waals surface area (Å²) in [5.74, 6) is -0.970. The number of aromatic nitrogens is 4. The molecule has 7 nitrogen and oxygen atoms in total. The number of carbonyl (C=O) groups is 1. The van der Waals surface area contributed by atoms with Gasteiger partial charge in [-0.2, -0.15) is 0 Å². The first-order chi connectivity index (χ1) is 10.7. The van der Waals surface area contributed by atoms with Crippen molar-refractivity contribution in [1.82, 2.24) is 20.0 Å². The van der Waals surface area contributed by atoms with Crippen LogP contribution in [0.25, 0.3) is 16.9 Å². The lowest BCUT2D eigenvalue weighted by Crippen LogP contribution is -2.03. The normalized spacial score (nSPS) is 10.6. The minimum atomic E-state index is -0.970. The number of benzene rings is 1. The van der Waals surface area contributed by atoms with Crippen LogP contribution < -0.4 is 5.73 Å². The van der Waals surface area contributed by atoms with Gasteiger partial charge in [0.1, 0.15) is 5.69 Å². The molecule has 0 aliphatic carbocycles. The largest absolute Gasteiger partial charge is 0.478 e. The molecule has 0 aliphatic rings. The SMILES string of the molecule is NCc1nnn(-c2ccc(C(=O)O)cc2)c1-c1ccncc1. The number of carboxylic acids is 1. The van der Waals surface area contributed by atoms with Crippen molar-refractivity contribution in [3.05, 3.63) is 60.0 Å². The molecule has 0 amide bonds. The Kier molecular flexibility index (Phi) is 3.63. The number of aromatic carboxylic acids is 1. The van der Waals surface area contributed by atoms with Gasteiger partial charge in [0.15, 0.2) is 0 Å². The number of pyridine rings is 1. The highest BCUT2D eigenvalue weighted by molar-refractivity contribution is 5.87. The first-order valence-corrected chi connectivity index (χ1v) is 6.59. The van der Waals surface area contributed by atoms with E-state index in [0.717, 1.165) is 11.3 Å². The molecule has 22 heavy (non-hydrogen) atoms. The molecule has 0 bridgehead atoms. The van der Waals surface area contributed by atoms with Crippen molar-refractivity contribution >= 4 is 5.97 Å². The van der Waals surface area contributed by atoms with Gasteiger partial charge in [0, 0.05) is 24.5 Å². The maximum absolute atomic E-state index is 10.9. The third kappa shape index (κ3) is 2.45. The molecule has 3 N–H and O–H groups in total. The molecule has 0 radical (unpaired) electrons. The van der Waals surface area contributed by atoms with Gasteiger partial charge in [-0.25, -0.2) is 9.48 Å². The van der Waals surface area contributed by atoms with Gasteiger partial charge in [0.2, 0.25) is 0 Å². The summed E-state index contributed by atoms with van der Waals surface area (Å²) >= 11 is 0. The standard InChI is InChI=1S/C15H13N5O2/c16-9-13-14(10-5-7-17-8-6-10)20(19-18-13)12-3-1-11(2-4-12)15(21)22/h1-8H,9,16H2,(H,21,22). The Morgan fingerprint density at radius 3 is 2.41 bits per heavy atom. The number of rotatable bonds is 4. The summed E-state index contributed by atoms with van der Waals surface area (Å²) in [5, 5.41) is 17.2. The smallest absolute Gasteiger partial charge is 0.335 e. The summed E-state index contributed by atoms with van der Waals surface area (Å²) in [6, 6.07) is 10.1. The van der Waals surface area contributed by atoms with E-state index in [1.165, 1.54) is 12.1 Å². The monoisotopic (exact) mass is 295 g/mol. The van der Waals surface area contributed by atoms with E-state index >= 15 is 0 Å². The lowest BCUT2D eigenvalue weighted by molar-refractivity contribution is 0.0697. The highest BCUT2D eigenvalue weighted by atomic mass is 16.4. The minimum absolute atomic E-state index is 0.216. The Hall–Kier alpha value is -3.06. The lowest BCUT2D eigenvalue weighted by atomic mass is 10.1. The first-order valence-electron chi connectivity index (χ1n) is 6.59. The molecule has 3 aromatic rings. The van der Waals surface area contributed by atoms with Crippen LogP contribution in [0.5, 0.6) is 0 Å². The topological polar surface area (TPSA) is 107 Å². The highest BCUT2D eigenvalue weighted by Gasteiger charge is 2.15.